The number of H-pyrrole nitrogens is 1. The van der Waals surface area contributed by atoms with E-state index in [2.05, 4.69) is 20.8 Å². The Hall–Kier alpha value is -2.34. The maximum absolute atomic E-state index is 11.8. The number of carbonyl (C=O) groups excluding carboxylic acids is 1. The van der Waals surface area contributed by atoms with Gasteiger partial charge in [-0.25, -0.2) is 4.79 Å². The van der Waals surface area contributed by atoms with Crippen LogP contribution in [0.3, 0.4) is 0 Å². The van der Waals surface area contributed by atoms with Crippen molar-refractivity contribution in [3.05, 3.63) is 36.5 Å². The second-order valence-corrected chi connectivity index (χ2v) is 5.57. The third-order valence-corrected chi connectivity index (χ3v) is 3.31. The Labute approximate surface area is 129 Å². The van der Waals surface area contributed by atoms with Gasteiger partial charge in [-0.2, -0.15) is 5.10 Å². The molecule has 1 aromatic heterocycles. The molecule has 2 aromatic rings. The molecule has 6 nitrogen and oxygen atoms in total. The third kappa shape index (κ3) is 4.89. The highest BCUT2D eigenvalue weighted by molar-refractivity contribution is 5.89. The predicted molar refractivity (Wildman–Crippen MR) is 86.5 cm³/mol. The maximum Gasteiger partial charge on any atom is 0.319 e. The standard InChI is InChI=1S/C16H22N4O2/c1-11(9-12(2)21)10-17-16(22)19-14-5-3-13(4-6-14)15-7-8-18-20-15/h3-8,11-12,21H,9-10H2,1-2H3,(H,18,20)(H2,17,19,22). The smallest absolute Gasteiger partial charge is 0.319 e. The van der Waals surface area contributed by atoms with E-state index >= 15 is 0 Å². The van der Waals surface area contributed by atoms with Gasteiger partial charge in [0.1, 0.15) is 0 Å². The van der Waals surface area contributed by atoms with E-state index in [0.29, 0.717) is 13.0 Å². The first-order chi connectivity index (χ1) is 10.5. The summed E-state index contributed by atoms with van der Waals surface area (Å²) in [4.78, 5) is 11.8. The SMILES string of the molecule is CC(O)CC(C)CNC(=O)Nc1ccc(-c2ccn[nH]2)cc1. The normalized spacial score (nSPS) is 13.4. The fourth-order valence-electron chi connectivity index (χ4n) is 2.26. The van der Waals surface area contributed by atoms with Gasteiger partial charge in [-0.15, -0.1) is 0 Å². The van der Waals surface area contributed by atoms with Crippen molar-refractivity contribution in [2.24, 2.45) is 5.92 Å². The Morgan fingerprint density at radius 1 is 1.27 bits per heavy atom. The van der Waals surface area contributed by atoms with Crippen LogP contribution in [0.4, 0.5) is 10.5 Å². The first-order valence-electron chi connectivity index (χ1n) is 7.37. The van der Waals surface area contributed by atoms with Crippen LogP contribution in [0, 0.1) is 5.92 Å². The fraction of sp³-hybridized carbons (Fsp3) is 0.375. The van der Waals surface area contributed by atoms with Crippen LogP contribution < -0.4 is 10.6 Å². The van der Waals surface area contributed by atoms with Crippen LogP contribution >= 0.6 is 0 Å². The average molecular weight is 302 g/mol. The van der Waals surface area contributed by atoms with E-state index in [4.69, 9.17) is 0 Å². The van der Waals surface area contributed by atoms with Gasteiger partial charge in [-0.3, -0.25) is 5.10 Å². The van der Waals surface area contributed by atoms with Crippen LogP contribution in [0.5, 0.6) is 0 Å². The molecular weight excluding hydrogens is 280 g/mol. The molecule has 118 valence electrons. The number of nitrogens with one attached hydrogen (secondary N) is 3. The molecule has 0 spiro atoms. The second kappa shape index (κ2) is 7.61. The minimum absolute atomic E-state index is 0.230. The fourth-order valence-corrected chi connectivity index (χ4v) is 2.26. The molecule has 0 aliphatic rings. The van der Waals surface area contributed by atoms with Crippen LogP contribution in [-0.2, 0) is 0 Å². The number of rotatable bonds is 6. The van der Waals surface area contributed by atoms with Crippen LogP contribution in [0.25, 0.3) is 11.3 Å². The van der Waals surface area contributed by atoms with Gasteiger partial charge in [0.05, 0.1) is 11.8 Å². The molecule has 0 aliphatic heterocycles. The third-order valence-electron chi connectivity index (χ3n) is 3.31. The number of nitrogens with zero attached hydrogens (tertiary/aromatic N) is 1. The van der Waals surface area contributed by atoms with Crippen molar-refractivity contribution in [2.45, 2.75) is 26.4 Å². The van der Waals surface area contributed by atoms with Crippen LogP contribution in [0.2, 0.25) is 0 Å². The largest absolute Gasteiger partial charge is 0.393 e. The minimum atomic E-state index is -0.352. The molecule has 0 saturated carbocycles. The number of aliphatic hydroxyl groups is 1. The lowest BCUT2D eigenvalue weighted by atomic mass is 10.1. The van der Waals surface area contributed by atoms with E-state index in [-0.39, 0.29) is 18.1 Å². The summed E-state index contributed by atoms with van der Waals surface area (Å²) < 4.78 is 0. The molecule has 0 fully saturated rings. The summed E-state index contributed by atoms with van der Waals surface area (Å²) in [5.74, 6) is 0.230. The summed E-state index contributed by atoms with van der Waals surface area (Å²) in [6.07, 6.45) is 2.01. The summed E-state index contributed by atoms with van der Waals surface area (Å²) in [6.45, 7) is 4.27. The zero-order chi connectivity index (χ0) is 15.9. The van der Waals surface area contributed by atoms with Gasteiger partial charge in [0.25, 0.3) is 0 Å². The highest BCUT2D eigenvalue weighted by Gasteiger charge is 2.08. The maximum atomic E-state index is 11.8. The molecule has 2 amide bonds. The molecule has 0 bridgehead atoms. The van der Waals surface area contributed by atoms with Crippen molar-refractivity contribution in [3.8, 4) is 11.3 Å². The zero-order valence-electron chi connectivity index (χ0n) is 12.8. The Morgan fingerprint density at radius 2 is 2.00 bits per heavy atom. The second-order valence-electron chi connectivity index (χ2n) is 5.57. The lowest BCUT2D eigenvalue weighted by Gasteiger charge is -2.14. The first kappa shape index (κ1) is 16.0. The topological polar surface area (TPSA) is 90.0 Å². The molecule has 0 saturated heterocycles. The minimum Gasteiger partial charge on any atom is -0.393 e. The molecule has 2 atom stereocenters. The van der Waals surface area contributed by atoms with Crippen molar-refractivity contribution in [3.63, 3.8) is 0 Å². The Balaban J connectivity index is 1.82. The van der Waals surface area contributed by atoms with E-state index in [1.165, 1.54) is 0 Å². The summed E-state index contributed by atoms with van der Waals surface area (Å²) in [5, 5.41) is 21.7. The molecule has 1 heterocycles. The van der Waals surface area contributed by atoms with Crippen molar-refractivity contribution in [2.75, 3.05) is 11.9 Å². The number of hydrogen-bond acceptors (Lipinski definition) is 3. The molecule has 22 heavy (non-hydrogen) atoms. The zero-order valence-corrected chi connectivity index (χ0v) is 12.8. The van der Waals surface area contributed by atoms with E-state index in [1.54, 1.807) is 13.1 Å². The quantitative estimate of drug-likeness (QED) is 0.661. The van der Waals surface area contributed by atoms with Crippen molar-refractivity contribution < 1.29 is 9.90 Å². The van der Waals surface area contributed by atoms with Gasteiger partial charge in [-0.1, -0.05) is 19.1 Å². The molecule has 4 N–H and O–H groups in total. The van der Waals surface area contributed by atoms with Crippen molar-refractivity contribution >= 4 is 11.7 Å². The molecule has 1 aromatic carbocycles. The van der Waals surface area contributed by atoms with E-state index < -0.39 is 0 Å². The molecule has 6 heteroatoms. The highest BCUT2D eigenvalue weighted by atomic mass is 16.3. The monoisotopic (exact) mass is 302 g/mol. The number of hydrogen-bond donors (Lipinski definition) is 4. The molecular formula is C16H22N4O2. The number of aliphatic hydroxyl groups excluding tert-OH is 1. The highest BCUT2D eigenvalue weighted by Crippen LogP contribution is 2.18. The average Bonchev–Trinajstić information content (AvgIpc) is 2.99. The molecule has 0 aliphatic carbocycles. The van der Waals surface area contributed by atoms with Gasteiger partial charge in [0.15, 0.2) is 0 Å². The van der Waals surface area contributed by atoms with Gasteiger partial charge >= 0.3 is 6.03 Å². The van der Waals surface area contributed by atoms with Crippen molar-refractivity contribution in [1.29, 1.82) is 0 Å². The first-order valence-corrected chi connectivity index (χ1v) is 7.37. The number of anilines is 1. The van der Waals surface area contributed by atoms with Crippen LogP contribution in [0.15, 0.2) is 36.5 Å². The number of aromatic nitrogens is 2. The van der Waals surface area contributed by atoms with Crippen LogP contribution in [-0.4, -0.2) is 34.0 Å². The van der Waals surface area contributed by atoms with Gasteiger partial charge in [0, 0.05) is 18.4 Å². The van der Waals surface area contributed by atoms with Gasteiger partial charge in [-0.05, 0) is 43.0 Å². The van der Waals surface area contributed by atoms with Crippen molar-refractivity contribution in [1.82, 2.24) is 15.5 Å². The van der Waals surface area contributed by atoms with Gasteiger partial charge in [0.2, 0.25) is 0 Å². The molecule has 2 unspecified atom stereocenters. The predicted octanol–water partition coefficient (Wildman–Crippen LogP) is 2.61. The Kier molecular flexibility index (Phi) is 5.55. The lowest BCUT2D eigenvalue weighted by Crippen LogP contribution is -2.33. The Bertz CT molecular complexity index is 579. The summed E-state index contributed by atoms with van der Waals surface area (Å²) in [7, 11) is 0. The van der Waals surface area contributed by atoms with E-state index in [1.807, 2.05) is 37.3 Å². The molecule has 2 rings (SSSR count). The number of carbonyl (C=O) groups is 1. The summed E-state index contributed by atoms with van der Waals surface area (Å²) in [5.41, 5.74) is 2.67. The number of urea groups is 1. The number of aromatic amines is 1. The molecule has 0 radical (unpaired) electrons. The number of benzene rings is 1. The van der Waals surface area contributed by atoms with Gasteiger partial charge < -0.3 is 15.7 Å². The summed E-state index contributed by atoms with van der Waals surface area (Å²) in [6, 6.07) is 9.16. The number of amides is 2. The lowest BCUT2D eigenvalue weighted by molar-refractivity contribution is 0.163. The Morgan fingerprint density at radius 3 is 2.59 bits per heavy atom. The van der Waals surface area contributed by atoms with E-state index in [9.17, 15) is 9.90 Å². The van der Waals surface area contributed by atoms with Crippen LogP contribution in [0.1, 0.15) is 20.3 Å². The van der Waals surface area contributed by atoms with E-state index in [0.717, 1.165) is 16.9 Å². The summed E-state index contributed by atoms with van der Waals surface area (Å²) >= 11 is 0.